The summed E-state index contributed by atoms with van der Waals surface area (Å²) in [4.78, 5) is 27.4. The molecule has 2 heterocycles. The summed E-state index contributed by atoms with van der Waals surface area (Å²) in [6, 6.07) is 9.94. The molecule has 32 heavy (non-hydrogen) atoms. The van der Waals surface area contributed by atoms with Crippen LogP contribution in [0.15, 0.2) is 47.4 Å². The molecular formula is C20H20N4O6S2. The molecular weight excluding hydrogens is 456 g/mol. The lowest BCUT2D eigenvalue weighted by atomic mass is 10.2. The second-order valence-corrected chi connectivity index (χ2v) is 10.5. The molecule has 2 unspecified atom stereocenters. The van der Waals surface area contributed by atoms with E-state index in [1.54, 1.807) is 0 Å². The van der Waals surface area contributed by atoms with Crippen LogP contribution >= 0.6 is 11.3 Å². The van der Waals surface area contributed by atoms with Gasteiger partial charge in [-0.1, -0.05) is 11.3 Å². The predicted octanol–water partition coefficient (Wildman–Crippen LogP) is 3.25. The van der Waals surface area contributed by atoms with Gasteiger partial charge in [0.1, 0.15) is 0 Å². The van der Waals surface area contributed by atoms with Crippen molar-refractivity contribution in [2.24, 2.45) is 0 Å². The summed E-state index contributed by atoms with van der Waals surface area (Å²) in [5, 5.41) is 13.9. The molecule has 2 aromatic carbocycles. The van der Waals surface area contributed by atoms with E-state index in [-0.39, 0.29) is 41.4 Å². The number of fused-ring (bicyclic) bond motifs is 1. The fraction of sp³-hybridized carbons (Fsp3) is 0.300. The van der Waals surface area contributed by atoms with Crippen molar-refractivity contribution >= 4 is 48.3 Å². The number of carbonyl (C=O) groups is 1. The first-order chi connectivity index (χ1) is 15.1. The van der Waals surface area contributed by atoms with Crippen molar-refractivity contribution < 1.29 is 22.9 Å². The number of nitrogens with zero attached hydrogens (tertiary/aromatic N) is 3. The Bertz CT molecular complexity index is 1280. The molecule has 1 aliphatic rings. The quantitative estimate of drug-likeness (QED) is 0.441. The van der Waals surface area contributed by atoms with Crippen molar-refractivity contribution in [1.29, 1.82) is 0 Å². The second-order valence-electron chi connectivity index (χ2n) is 7.49. The van der Waals surface area contributed by atoms with E-state index in [1.165, 1.54) is 46.8 Å². The number of sulfonamides is 1. The summed E-state index contributed by atoms with van der Waals surface area (Å²) < 4.78 is 33.4. The third-order valence-corrected chi connectivity index (χ3v) is 7.72. The molecule has 168 valence electrons. The van der Waals surface area contributed by atoms with Gasteiger partial charge in [0.25, 0.3) is 11.6 Å². The minimum Gasteiger partial charge on any atom is -0.373 e. The highest BCUT2D eigenvalue weighted by molar-refractivity contribution is 7.89. The van der Waals surface area contributed by atoms with Crippen LogP contribution in [0, 0.1) is 10.1 Å². The normalized spacial score (nSPS) is 19.7. The lowest BCUT2D eigenvalue weighted by Crippen LogP contribution is -2.48. The average molecular weight is 477 g/mol. The van der Waals surface area contributed by atoms with Crippen molar-refractivity contribution in [3.05, 3.63) is 58.1 Å². The van der Waals surface area contributed by atoms with Crippen LogP contribution in [0.4, 0.5) is 10.8 Å². The third-order valence-electron chi connectivity index (χ3n) is 4.94. The Morgan fingerprint density at radius 1 is 1.19 bits per heavy atom. The number of nitrogens with one attached hydrogen (secondary N) is 1. The predicted molar refractivity (Wildman–Crippen MR) is 119 cm³/mol. The molecule has 4 rings (SSSR count). The summed E-state index contributed by atoms with van der Waals surface area (Å²) in [7, 11) is -3.70. The fourth-order valence-corrected chi connectivity index (χ4v) is 5.99. The zero-order valence-electron chi connectivity index (χ0n) is 17.2. The molecule has 0 bridgehead atoms. The molecule has 10 nitrogen and oxygen atoms in total. The first-order valence-corrected chi connectivity index (χ1v) is 12.0. The molecule has 3 aromatic rings. The molecule has 1 amide bonds. The van der Waals surface area contributed by atoms with Gasteiger partial charge in [-0.25, -0.2) is 13.4 Å². The van der Waals surface area contributed by atoms with E-state index in [0.717, 1.165) is 11.3 Å². The summed E-state index contributed by atoms with van der Waals surface area (Å²) in [6.45, 7) is 4.19. The van der Waals surface area contributed by atoms with E-state index >= 15 is 0 Å². The van der Waals surface area contributed by atoms with E-state index in [0.29, 0.717) is 15.3 Å². The Morgan fingerprint density at radius 2 is 1.84 bits per heavy atom. The molecule has 1 saturated heterocycles. The van der Waals surface area contributed by atoms with Crippen LogP contribution < -0.4 is 5.32 Å². The van der Waals surface area contributed by atoms with Gasteiger partial charge in [-0.2, -0.15) is 4.31 Å². The number of morpholine rings is 1. The number of anilines is 1. The highest BCUT2D eigenvalue weighted by Crippen LogP contribution is 2.29. The smallest absolute Gasteiger partial charge is 0.270 e. The van der Waals surface area contributed by atoms with Gasteiger partial charge in [0.05, 0.1) is 32.2 Å². The Labute approximate surface area is 188 Å². The molecule has 2 atom stereocenters. The number of thiazole rings is 1. The number of amides is 1. The van der Waals surface area contributed by atoms with Crippen molar-refractivity contribution in [3.8, 4) is 0 Å². The van der Waals surface area contributed by atoms with Gasteiger partial charge in [0.2, 0.25) is 10.0 Å². The number of ether oxygens (including phenoxy) is 1. The molecule has 0 saturated carbocycles. The standard InChI is InChI=1S/C20H20N4O6S2/c1-12-10-23(11-13(2)30-12)32(28,29)16-6-3-14(4-7-16)19(25)22-20-21-17-8-5-15(24(26)27)9-18(17)31-20/h3-9,12-13H,10-11H2,1-2H3,(H,21,22,25). The Balaban J connectivity index is 1.49. The minimum absolute atomic E-state index is 0.0557. The van der Waals surface area contributed by atoms with E-state index in [1.807, 2.05) is 13.8 Å². The number of nitro groups is 1. The number of aromatic nitrogens is 1. The van der Waals surface area contributed by atoms with E-state index in [9.17, 15) is 23.3 Å². The highest BCUT2D eigenvalue weighted by Gasteiger charge is 2.32. The Hall–Kier alpha value is -2.93. The van der Waals surface area contributed by atoms with Crippen molar-refractivity contribution in [1.82, 2.24) is 9.29 Å². The maximum Gasteiger partial charge on any atom is 0.270 e. The van der Waals surface area contributed by atoms with Crippen molar-refractivity contribution in [3.63, 3.8) is 0 Å². The molecule has 1 fully saturated rings. The zero-order valence-corrected chi connectivity index (χ0v) is 18.9. The second kappa shape index (κ2) is 8.54. The molecule has 1 aromatic heterocycles. The molecule has 0 spiro atoms. The summed E-state index contributed by atoms with van der Waals surface area (Å²) in [6.07, 6.45) is -0.400. The number of hydrogen-bond acceptors (Lipinski definition) is 8. The van der Waals surface area contributed by atoms with Gasteiger partial charge in [0.15, 0.2) is 5.13 Å². The van der Waals surface area contributed by atoms with E-state index in [4.69, 9.17) is 4.74 Å². The number of rotatable bonds is 5. The summed E-state index contributed by atoms with van der Waals surface area (Å²) in [5.41, 5.74) is 0.740. The summed E-state index contributed by atoms with van der Waals surface area (Å²) >= 11 is 1.12. The van der Waals surface area contributed by atoms with Crippen LogP contribution in [-0.2, 0) is 14.8 Å². The third kappa shape index (κ3) is 4.48. The highest BCUT2D eigenvalue weighted by atomic mass is 32.2. The number of benzene rings is 2. The lowest BCUT2D eigenvalue weighted by Gasteiger charge is -2.34. The maximum atomic E-state index is 12.9. The zero-order chi connectivity index (χ0) is 23.0. The molecule has 0 aliphatic carbocycles. The van der Waals surface area contributed by atoms with E-state index < -0.39 is 20.9 Å². The van der Waals surface area contributed by atoms with Crippen LogP contribution in [0.1, 0.15) is 24.2 Å². The van der Waals surface area contributed by atoms with Gasteiger partial charge < -0.3 is 4.74 Å². The minimum atomic E-state index is -3.70. The molecule has 12 heteroatoms. The number of hydrogen-bond donors (Lipinski definition) is 1. The SMILES string of the molecule is CC1CN(S(=O)(=O)c2ccc(C(=O)Nc3nc4ccc([N+](=O)[O-])cc4s3)cc2)CC(C)O1. The van der Waals surface area contributed by atoms with E-state index in [2.05, 4.69) is 10.3 Å². The average Bonchev–Trinajstić information content (AvgIpc) is 3.14. The van der Waals surface area contributed by atoms with Crippen molar-refractivity contribution in [2.45, 2.75) is 31.0 Å². The molecule has 1 N–H and O–H groups in total. The van der Waals surface area contributed by atoms with Crippen molar-refractivity contribution in [2.75, 3.05) is 18.4 Å². The van der Waals surface area contributed by atoms with Gasteiger partial charge >= 0.3 is 0 Å². The number of non-ortho nitro benzene ring substituents is 1. The van der Waals surface area contributed by atoms with Crippen LogP contribution in [-0.4, -0.2) is 53.8 Å². The van der Waals surface area contributed by atoms with Gasteiger partial charge in [-0.05, 0) is 44.2 Å². The topological polar surface area (TPSA) is 132 Å². The lowest BCUT2D eigenvalue weighted by molar-refractivity contribution is -0.384. The van der Waals surface area contributed by atoms with Crippen LogP contribution in [0.2, 0.25) is 0 Å². The van der Waals surface area contributed by atoms with Gasteiger partial charge in [-0.3, -0.25) is 20.2 Å². The number of nitro benzene ring substituents is 1. The first kappa shape index (κ1) is 22.3. The van der Waals surface area contributed by atoms with Crippen LogP contribution in [0.3, 0.4) is 0 Å². The van der Waals surface area contributed by atoms with Crippen LogP contribution in [0.25, 0.3) is 10.2 Å². The largest absolute Gasteiger partial charge is 0.373 e. The van der Waals surface area contributed by atoms with Gasteiger partial charge in [-0.15, -0.1) is 0 Å². The summed E-state index contributed by atoms with van der Waals surface area (Å²) in [5.74, 6) is -0.462. The fourth-order valence-electron chi connectivity index (χ4n) is 3.50. The Morgan fingerprint density at radius 3 is 2.47 bits per heavy atom. The Kier molecular flexibility index (Phi) is 5.95. The molecule has 1 aliphatic heterocycles. The first-order valence-electron chi connectivity index (χ1n) is 9.75. The maximum absolute atomic E-state index is 12.9. The number of carbonyl (C=O) groups excluding carboxylic acids is 1. The monoisotopic (exact) mass is 476 g/mol. The molecule has 0 radical (unpaired) electrons. The van der Waals surface area contributed by atoms with Gasteiger partial charge in [0, 0.05) is 30.8 Å². The van der Waals surface area contributed by atoms with Crippen LogP contribution in [0.5, 0.6) is 0 Å².